The minimum Gasteiger partial charge on any atom is -0.453 e. The summed E-state index contributed by atoms with van der Waals surface area (Å²) in [4.78, 5) is 26.0. The highest BCUT2D eigenvalue weighted by Gasteiger charge is 2.30. The van der Waals surface area contributed by atoms with Crippen LogP contribution in [0.3, 0.4) is 0 Å². The third-order valence-corrected chi connectivity index (χ3v) is 6.36. The largest absolute Gasteiger partial charge is 0.453 e. The van der Waals surface area contributed by atoms with Crippen molar-refractivity contribution in [2.24, 2.45) is 5.16 Å². The molecule has 1 aliphatic carbocycles. The van der Waals surface area contributed by atoms with E-state index in [1.54, 1.807) is 29.2 Å². The smallest absolute Gasteiger partial charge is 0.413 e. The molecule has 1 amide bonds. The lowest BCUT2D eigenvalue weighted by molar-refractivity contribution is 0.187. The molecular weight excluding hydrogens is 459 g/mol. The van der Waals surface area contributed by atoms with E-state index in [4.69, 9.17) is 5.10 Å². The first-order valence-electron chi connectivity index (χ1n) is 10.3. The number of benzene rings is 1. The van der Waals surface area contributed by atoms with Crippen LogP contribution in [-0.4, -0.2) is 46.3 Å². The molecule has 0 atom stereocenters. The Morgan fingerprint density at radius 3 is 2.91 bits per heavy atom. The molecular formula is C23H19FN6O3S. The molecule has 0 spiro atoms. The Bertz CT molecular complexity index is 1400. The van der Waals surface area contributed by atoms with Crippen LogP contribution in [0.4, 0.5) is 14.3 Å². The van der Waals surface area contributed by atoms with E-state index >= 15 is 4.39 Å². The number of amides is 1. The topological polar surface area (TPSA) is 104 Å². The number of anilines is 1. The van der Waals surface area contributed by atoms with Crippen molar-refractivity contribution in [3.05, 3.63) is 65.4 Å². The lowest BCUT2D eigenvalue weighted by Gasteiger charge is -2.14. The summed E-state index contributed by atoms with van der Waals surface area (Å²) in [5.41, 5.74) is 4.93. The number of carbonyl (C=O) groups is 1. The molecule has 0 fully saturated rings. The fourth-order valence-corrected chi connectivity index (χ4v) is 4.92. The number of carbonyl (C=O) groups excluding carboxylic acids is 1. The van der Waals surface area contributed by atoms with Crippen molar-refractivity contribution >= 4 is 28.8 Å². The maximum absolute atomic E-state index is 15.3. The van der Waals surface area contributed by atoms with Crippen molar-refractivity contribution in [2.75, 3.05) is 19.5 Å². The number of nitrogens with zero attached hydrogens (tertiary/aromatic N) is 5. The minimum absolute atomic E-state index is 0.282. The van der Waals surface area contributed by atoms with Crippen molar-refractivity contribution in [3.63, 3.8) is 0 Å². The van der Waals surface area contributed by atoms with Crippen LogP contribution in [0.2, 0.25) is 0 Å². The van der Waals surface area contributed by atoms with Crippen LogP contribution in [-0.2, 0) is 22.4 Å². The zero-order valence-corrected chi connectivity index (χ0v) is 19.1. The van der Waals surface area contributed by atoms with E-state index in [9.17, 15) is 4.79 Å². The molecule has 3 aromatic heterocycles. The normalized spacial score (nSPS) is 12.3. The molecule has 1 N–H and O–H groups in total. The van der Waals surface area contributed by atoms with Gasteiger partial charge in [0.15, 0.2) is 5.13 Å². The number of methoxy groups -OCH3 is 1. The molecule has 0 radical (unpaired) electrons. The lowest BCUT2D eigenvalue weighted by Crippen LogP contribution is -2.10. The van der Waals surface area contributed by atoms with Crippen LogP contribution in [0.5, 0.6) is 0 Å². The Kier molecular flexibility index (Phi) is 5.76. The van der Waals surface area contributed by atoms with Crippen LogP contribution in [0.25, 0.3) is 27.5 Å². The minimum atomic E-state index is -0.602. The number of halogens is 1. The first-order valence-corrected chi connectivity index (χ1v) is 11.1. The van der Waals surface area contributed by atoms with Gasteiger partial charge in [-0.25, -0.2) is 18.9 Å². The number of hydrogen-bond donors (Lipinski definition) is 1. The van der Waals surface area contributed by atoms with Gasteiger partial charge in [-0.3, -0.25) is 10.3 Å². The average Bonchev–Trinajstić information content (AvgIpc) is 3.44. The van der Waals surface area contributed by atoms with Gasteiger partial charge in [-0.1, -0.05) is 22.6 Å². The van der Waals surface area contributed by atoms with E-state index in [-0.39, 0.29) is 5.69 Å². The molecule has 0 unspecified atom stereocenters. The standard InChI is InChI=1S/C23H19FN6O3S/c1-32-23(31)28-22-27-17-7-6-15-19(14-4-3-9-25-12-14)29-30(20(15)21(17)34-22)18-8-5-13(10-16(18)24)11-26-33-2/h3-5,8-12H,6-7H2,1-2H3,(H,27,28,31)/b26-11+. The summed E-state index contributed by atoms with van der Waals surface area (Å²) in [5.74, 6) is -0.465. The molecule has 11 heteroatoms. The molecule has 172 valence electrons. The van der Waals surface area contributed by atoms with Gasteiger partial charge in [-0.15, -0.1) is 0 Å². The number of ether oxygens (including phenoxy) is 1. The third-order valence-electron chi connectivity index (χ3n) is 5.34. The van der Waals surface area contributed by atoms with Gasteiger partial charge in [-0.2, -0.15) is 5.10 Å². The summed E-state index contributed by atoms with van der Waals surface area (Å²) in [6.07, 6.45) is 5.58. The van der Waals surface area contributed by atoms with Crippen LogP contribution < -0.4 is 5.32 Å². The molecule has 4 aromatic rings. The summed E-state index contributed by atoms with van der Waals surface area (Å²) >= 11 is 1.30. The van der Waals surface area contributed by atoms with E-state index < -0.39 is 11.9 Å². The zero-order chi connectivity index (χ0) is 23.7. The SMILES string of the molecule is CO/N=C/c1ccc(-n2nc(-c3cccnc3)c3c2-c2sc(NC(=O)OC)nc2CC3)c(F)c1. The number of aromatic nitrogens is 4. The fraction of sp³-hybridized carbons (Fsp3) is 0.174. The zero-order valence-electron chi connectivity index (χ0n) is 18.3. The van der Waals surface area contributed by atoms with E-state index in [1.165, 1.54) is 37.8 Å². The molecule has 0 saturated carbocycles. The second-order valence-corrected chi connectivity index (χ2v) is 8.37. The summed E-state index contributed by atoms with van der Waals surface area (Å²) in [6, 6.07) is 8.52. The van der Waals surface area contributed by atoms with Crippen molar-refractivity contribution in [2.45, 2.75) is 12.8 Å². The first-order chi connectivity index (χ1) is 16.6. The van der Waals surface area contributed by atoms with Gasteiger partial charge in [0, 0.05) is 23.5 Å². The third kappa shape index (κ3) is 3.90. The molecule has 0 bridgehead atoms. The monoisotopic (exact) mass is 478 g/mol. The lowest BCUT2D eigenvalue weighted by atomic mass is 9.95. The highest BCUT2D eigenvalue weighted by Crippen LogP contribution is 2.44. The molecule has 9 nitrogen and oxygen atoms in total. The maximum Gasteiger partial charge on any atom is 0.413 e. The second-order valence-electron chi connectivity index (χ2n) is 7.37. The number of fused-ring (bicyclic) bond motifs is 3. The van der Waals surface area contributed by atoms with Crippen LogP contribution in [0, 0.1) is 5.82 Å². The quantitative estimate of drug-likeness (QED) is 0.336. The van der Waals surface area contributed by atoms with Crippen LogP contribution in [0.15, 0.2) is 47.9 Å². The van der Waals surface area contributed by atoms with Gasteiger partial charge >= 0.3 is 6.09 Å². The summed E-state index contributed by atoms with van der Waals surface area (Å²) < 4.78 is 21.6. The Morgan fingerprint density at radius 1 is 1.29 bits per heavy atom. The van der Waals surface area contributed by atoms with Crippen molar-refractivity contribution < 1.29 is 18.8 Å². The second kappa shape index (κ2) is 9.02. The van der Waals surface area contributed by atoms with E-state index in [0.717, 1.165) is 33.1 Å². The summed E-state index contributed by atoms with van der Waals surface area (Å²) in [7, 11) is 2.72. The Balaban J connectivity index is 1.69. The number of aryl methyl sites for hydroxylation is 1. The fourth-order valence-electron chi connectivity index (χ4n) is 3.86. The van der Waals surface area contributed by atoms with Gasteiger partial charge < -0.3 is 9.57 Å². The molecule has 1 aromatic carbocycles. The predicted molar refractivity (Wildman–Crippen MR) is 126 cm³/mol. The number of hydrogen-bond acceptors (Lipinski definition) is 8. The van der Waals surface area contributed by atoms with Crippen molar-refractivity contribution in [3.8, 4) is 27.5 Å². The highest BCUT2D eigenvalue weighted by atomic mass is 32.1. The van der Waals surface area contributed by atoms with E-state index in [2.05, 4.69) is 30.0 Å². The number of oxime groups is 1. The van der Waals surface area contributed by atoms with E-state index in [0.29, 0.717) is 23.5 Å². The molecule has 5 rings (SSSR count). The molecule has 1 aliphatic rings. The van der Waals surface area contributed by atoms with Crippen LogP contribution >= 0.6 is 11.3 Å². The van der Waals surface area contributed by atoms with Crippen LogP contribution in [0.1, 0.15) is 16.8 Å². The molecule has 0 saturated heterocycles. The van der Waals surface area contributed by atoms with Gasteiger partial charge in [0.25, 0.3) is 0 Å². The Morgan fingerprint density at radius 2 is 2.18 bits per heavy atom. The van der Waals surface area contributed by atoms with E-state index in [1.807, 2.05) is 12.1 Å². The predicted octanol–water partition coefficient (Wildman–Crippen LogP) is 4.45. The number of thiazole rings is 1. The number of rotatable bonds is 5. The first kappa shape index (κ1) is 21.7. The Labute approximate surface area is 197 Å². The van der Waals surface area contributed by atoms with Gasteiger partial charge in [0.1, 0.15) is 18.6 Å². The van der Waals surface area contributed by atoms with Crippen molar-refractivity contribution in [1.82, 2.24) is 19.7 Å². The maximum atomic E-state index is 15.3. The molecule has 34 heavy (non-hydrogen) atoms. The van der Waals surface area contributed by atoms with Crippen molar-refractivity contribution in [1.29, 1.82) is 0 Å². The molecule has 3 heterocycles. The van der Waals surface area contributed by atoms with Gasteiger partial charge in [0.2, 0.25) is 0 Å². The van der Waals surface area contributed by atoms with Gasteiger partial charge in [0.05, 0.1) is 35.3 Å². The molecule has 0 aliphatic heterocycles. The van der Waals surface area contributed by atoms with Gasteiger partial charge in [-0.05, 0) is 42.7 Å². The Hall–Kier alpha value is -4.12. The number of nitrogens with one attached hydrogen (secondary N) is 1. The summed E-state index contributed by atoms with van der Waals surface area (Å²) in [6.45, 7) is 0. The highest BCUT2D eigenvalue weighted by molar-refractivity contribution is 7.19. The number of pyridine rings is 1. The summed E-state index contributed by atoms with van der Waals surface area (Å²) in [5, 5.41) is 11.5. The average molecular weight is 479 g/mol.